The number of piperidine rings is 1. The molecule has 20 heavy (non-hydrogen) atoms. The Morgan fingerprint density at radius 2 is 1.95 bits per heavy atom. The maximum absolute atomic E-state index is 12.2. The Morgan fingerprint density at radius 1 is 1.25 bits per heavy atom. The van der Waals surface area contributed by atoms with Gasteiger partial charge in [-0.15, -0.1) is 0 Å². The molecule has 0 radical (unpaired) electrons. The summed E-state index contributed by atoms with van der Waals surface area (Å²) in [4.78, 5) is 16.2. The van der Waals surface area contributed by atoms with Crippen molar-refractivity contribution in [3.63, 3.8) is 0 Å². The van der Waals surface area contributed by atoms with Crippen LogP contribution in [0.5, 0.6) is 11.5 Å². The highest BCUT2D eigenvalue weighted by molar-refractivity contribution is 5.89. The number of hydrogen-bond acceptors (Lipinski definition) is 5. The molecule has 1 aromatic carbocycles. The molecule has 1 aliphatic heterocycles. The fraction of sp³-hybridized carbons (Fsp3) is 0.533. The Labute approximate surface area is 120 Å². The second-order valence-corrected chi connectivity index (χ2v) is 5.16. The van der Waals surface area contributed by atoms with E-state index >= 15 is 0 Å². The van der Waals surface area contributed by atoms with E-state index in [9.17, 15) is 4.79 Å². The van der Waals surface area contributed by atoms with Crippen molar-refractivity contribution in [2.75, 3.05) is 46.3 Å². The van der Waals surface area contributed by atoms with Crippen LogP contribution in [0.2, 0.25) is 0 Å². The zero-order chi connectivity index (χ0) is 14.7. The lowest BCUT2D eigenvalue weighted by atomic mass is 10.0. The first kappa shape index (κ1) is 14.7. The Kier molecular flexibility index (Phi) is 4.49. The van der Waals surface area contributed by atoms with Crippen LogP contribution >= 0.6 is 0 Å². The number of carbonyl (C=O) groups excluding carboxylic acids is 1. The standard InChI is InChI=1S/C15H22N2O3/c1-16-8-7-12(13(18)10-16)17(2)11-5-6-14(19-3)15(9-11)20-4/h5-6,9,12H,7-8,10H2,1-4H3. The number of methoxy groups -OCH3 is 2. The molecular formula is C15H22N2O3. The SMILES string of the molecule is COc1ccc(N(C)C2CCN(C)CC2=O)cc1OC. The molecule has 0 amide bonds. The first-order chi connectivity index (χ1) is 9.56. The first-order valence-electron chi connectivity index (χ1n) is 6.73. The Bertz CT molecular complexity index is 490. The van der Waals surface area contributed by atoms with Gasteiger partial charge in [-0.1, -0.05) is 0 Å². The monoisotopic (exact) mass is 278 g/mol. The zero-order valence-corrected chi connectivity index (χ0v) is 12.5. The number of likely N-dealkylation sites (N-methyl/N-ethyl adjacent to an activating group) is 2. The van der Waals surface area contributed by atoms with Crippen molar-refractivity contribution < 1.29 is 14.3 Å². The third kappa shape index (κ3) is 2.88. The third-order valence-electron chi connectivity index (χ3n) is 3.82. The summed E-state index contributed by atoms with van der Waals surface area (Å²) in [6.07, 6.45) is 0.847. The lowest BCUT2D eigenvalue weighted by Gasteiger charge is -2.35. The van der Waals surface area contributed by atoms with Crippen LogP contribution in [0.25, 0.3) is 0 Å². The Morgan fingerprint density at radius 3 is 2.55 bits per heavy atom. The van der Waals surface area contributed by atoms with Gasteiger partial charge in [0.25, 0.3) is 0 Å². The number of ether oxygens (including phenoxy) is 2. The van der Waals surface area contributed by atoms with E-state index in [0.717, 1.165) is 18.7 Å². The fourth-order valence-electron chi connectivity index (χ4n) is 2.59. The minimum atomic E-state index is -0.0655. The summed E-state index contributed by atoms with van der Waals surface area (Å²) in [5.74, 6) is 1.63. The number of nitrogens with zero attached hydrogens (tertiary/aromatic N) is 2. The van der Waals surface area contributed by atoms with Gasteiger partial charge < -0.3 is 14.4 Å². The van der Waals surface area contributed by atoms with Gasteiger partial charge in [-0.3, -0.25) is 9.69 Å². The van der Waals surface area contributed by atoms with Crippen LogP contribution in [0, 0.1) is 0 Å². The van der Waals surface area contributed by atoms with E-state index in [-0.39, 0.29) is 11.8 Å². The van der Waals surface area contributed by atoms with Crippen LogP contribution in [0.15, 0.2) is 18.2 Å². The fourth-order valence-corrected chi connectivity index (χ4v) is 2.59. The van der Waals surface area contributed by atoms with E-state index < -0.39 is 0 Å². The summed E-state index contributed by atoms with van der Waals surface area (Å²) in [5.41, 5.74) is 0.963. The molecule has 5 nitrogen and oxygen atoms in total. The van der Waals surface area contributed by atoms with Gasteiger partial charge in [0.15, 0.2) is 17.3 Å². The molecule has 110 valence electrons. The van der Waals surface area contributed by atoms with Gasteiger partial charge in [0, 0.05) is 25.3 Å². The van der Waals surface area contributed by atoms with E-state index in [2.05, 4.69) is 4.90 Å². The van der Waals surface area contributed by atoms with Crippen molar-refractivity contribution in [1.29, 1.82) is 0 Å². The number of benzene rings is 1. The summed E-state index contributed by atoms with van der Waals surface area (Å²) < 4.78 is 10.5. The van der Waals surface area contributed by atoms with E-state index in [1.807, 2.05) is 37.2 Å². The molecule has 0 N–H and O–H groups in total. The molecule has 1 heterocycles. The highest BCUT2D eigenvalue weighted by atomic mass is 16.5. The van der Waals surface area contributed by atoms with Gasteiger partial charge in [-0.25, -0.2) is 0 Å². The highest BCUT2D eigenvalue weighted by Crippen LogP contribution is 2.32. The van der Waals surface area contributed by atoms with Crippen LogP contribution in [0.3, 0.4) is 0 Å². The van der Waals surface area contributed by atoms with E-state index in [1.165, 1.54) is 0 Å². The van der Waals surface area contributed by atoms with E-state index in [0.29, 0.717) is 18.0 Å². The Balaban J connectivity index is 2.20. The lowest BCUT2D eigenvalue weighted by Crippen LogP contribution is -2.49. The van der Waals surface area contributed by atoms with Crippen LogP contribution < -0.4 is 14.4 Å². The van der Waals surface area contributed by atoms with Gasteiger partial charge in [0.2, 0.25) is 0 Å². The minimum absolute atomic E-state index is 0.0655. The van der Waals surface area contributed by atoms with Crippen molar-refractivity contribution >= 4 is 11.5 Å². The summed E-state index contributed by atoms with van der Waals surface area (Å²) in [6.45, 7) is 1.45. The van der Waals surface area contributed by atoms with Gasteiger partial charge in [-0.05, 0) is 25.6 Å². The highest BCUT2D eigenvalue weighted by Gasteiger charge is 2.28. The molecule has 0 bridgehead atoms. The predicted molar refractivity (Wildman–Crippen MR) is 78.9 cm³/mol. The molecule has 0 saturated carbocycles. The van der Waals surface area contributed by atoms with Crippen molar-refractivity contribution in [2.24, 2.45) is 0 Å². The second-order valence-electron chi connectivity index (χ2n) is 5.16. The number of Topliss-reactive ketones (excluding diaryl/α,β-unsaturated/α-hetero) is 1. The molecule has 1 atom stereocenters. The number of hydrogen-bond donors (Lipinski definition) is 0. The summed E-state index contributed by atoms with van der Waals surface area (Å²) in [5, 5.41) is 0. The summed E-state index contributed by atoms with van der Waals surface area (Å²) >= 11 is 0. The number of ketones is 1. The maximum atomic E-state index is 12.2. The smallest absolute Gasteiger partial charge is 0.169 e. The molecule has 0 aromatic heterocycles. The van der Waals surface area contributed by atoms with Crippen LogP contribution in [-0.4, -0.2) is 58.1 Å². The number of rotatable bonds is 4. The molecule has 1 aromatic rings. The van der Waals surface area contributed by atoms with E-state index in [1.54, 1.807) is 14.2 Å². The zero-order valence-electron chi connectivity index (χ0n) is 12.5. The van der Waals surface area contributed by atoms with Crippen LogP contribution in [-0.2, 0) is 4.79 Å². The van der Waals surface area contributed by atoms with Crippen LogP contribution in [0.1, 0.15) is 6.42 Å². The molecule has 0 aliphatic carbocycles. The van der Waals surface area contributed by atoms with Gasteiger partial charge in [0.1, 0.15) is 0 Å². The van der Waals surface area contributed by atoms with Gasteiger partial charge in [-0.2, -0.15) is 0 Å². The van der Waals surface area contributed by atoms with Crippen molar-refractivity contribution in [3.8, 4) is 11.5 Å². The maximum Gasteiger partial charge on any atom is 0.169 e. The molecular weight excluding hydrogens is 256 g/mol. The molecule has 1 saturated heterocycles. The van der Waals surface area contributed by atoms with Crippen LogP contribution in [0.4, 0.5) is 5.69 Å². The average molecular weight is 278 g/mol. The topological polar surface area (TPSA) is 42.0 Å². The van der Waals surface area contributed by atoms with Crippen molar-refractivity contribution in [1.82, 2.24) is 4.90 Å². The van der Waals surface area contributed by atoms with Gasteiger partial charge >= 0.3 is 0 Å². The summed E-state index contributed by atoms with van der Waals surface area (Å²) in [6, 6.07) is 5.66. The second kappa shape index (κ2) is 6.13. The predicted octanol–water partition coefficient (Wildman–Crippen LogP) is 1.41. The van der Waals surface area contributed by atoms with Gasteiger partial charge in [0.05, 0.1) is 26.8 Å². The Hall–Kier alpha value is -1.75. The lowest BCUT2D eigenvalue weighted by molar-refractivity contribution is -0.123. The molecule has 1 fully saturated rings. The van der Waals surface area contributed by atoms with Crippen molar-refractivity contribution in [3.05, 3.63) is 18.2 Å². The van der Waals surface area contributed by atoms with Crippen molar-refractivity contribution in [2.45, 2.75) is 12.5 Å². The summed E-state index contributed by atoms with van der Waals surface area (Å²) in [7, 11) is 7.16. The molecule has 1 aliphatic rings. The molecule has 0 spiro atoms. The minimum Gasteiger partial charge on any atom is -0.493 e. The third-order valence-corrected chi connectivity index (χ3v) is 3.82. The largest absolute Gasteiger partial charge is 0.493 e. The average Bonchev–Trinajstić information content (AvgIpc) is 2.45. The number of carbonyl (C=O) groups is 1. The quantitative estimate of drug-likeness (QED) is 0.833. The normalized spacial score (nSPS) is 19.8. The molecule has 5 heteroatoms. The molecule has 1 unspecified atom stereocenters. The number of anilines is 1. The van der Waals surface area contributed by atoms with E-state index in [4.69, 9.17) is 9.47 Å². The number of likely N-dealkylation sites (tertiary alicyclic amines) is 1. The molecule has 2 rings (SSSR count). The first-order valence-corrected chi connectivity index (χ1v) is 6.73.